The van der Waals surface area contributed by atoms with Crippen molar-refractivity contribution in [1.82, 2.24) is 5.48 Å². The van der Waals surface area contributed by atoms with Crippen LogP contribution in [0, 0.1) is 5.92 Å². The van der Waals surface area contributed by atoms with Gasteiger partial charge in [0.15, 0.2) is 6.17 Å². The predicted octanol–water partition coefficient (Wildman–Crippen LogP) is 0.712. The van der Waals surface area contributed by atoms with Gasteiger partial charge < -0.3 is 24.9 Å². The number of hydrogen-bond donors (Lipinski definition) is 4. The van der Waals surface area contributed by atoms with Crippen LogP contribution in [0.3, 0.4) is 0 Å². The van der Waals surface area contributed by atoms with Crippen molar-refractivity contribution >= 4 is 0 Å². The van der Waals surface area contributed by atoms with Gasteiger partial charge in [-0.3, -0.25) is 0 Å². The van der Waals surface area contributed by atoms with Crippen molar-refractivity contribution in [3.8, 4) is 0 Å². The van der Waals surface area contributed by atoms with Gasteiger partial charge in [0.05, 0.1) is 19.8 Å². The molecular formula is C14H25F2NO5. The molecule has 8 heteroatoms. The largest absolute Gasteiger partial charge is 0.495 e. The van der Waals surface area contributed by atoms with E-state index < -0.39 is 24.4 Å². The van der Waals surface area contributed by atoms with Crippen LogP contribution < -0.4 is 5.48 Å². The zero-order chi connectivity index (χ0) is 16.4. The molecule has 1 aliphatic carbocycles. The highest BCUT2D eigenvalue weighted by atomic mass is 19.2. The minimum atomic E-state index is -1.80. The first kappa shape index (κ1) is 19.2. The summed E-state index contributed by atoms with van der Waals surface area (Å²) in [5.74, 6) is -0.586. The van der Waals surface area contributed by atoms with Gasteiger partial charge in [-0.05, 0) is 25.3 Å². The lowest BCUT2D eigenvalue weighted by atomic mass is 9.90. The van der Waals surface area contributed by atoms with Gasteiger partial charge in [0.2, 0.25) is 0 Å². The number of hydroxylamine groups is 1. The molecule has 1 unspecified atom stereocenters. The van der Waals surface area contributed by atoms with Crippen LogP contribution in [0.15, 0.2) is 11.8 Å². The van der Waals surface area contributed by atoms with Gasteiger partial charge in [-0.2, -0.15) is 0 Å². The molecule has 0 saturated heterocycles. The monoisotopic (exact) mass is 325 g/mol. The molecule has 22 heavy (non-hydrogen) atoms. The second kappa shape index (κ2) is 10.8. The van der Waals surface area contributed by atoms with Crippen LogP contribution in [-0.2, 0) is 9.47 Å². The van der Waals surface area contributed by atoms with E-state index in [1.807, 2.05) is 5.48 Å². The maximum absolute atomic E-state index is 13.8. The third-order valence-electron chi connectivity index (χ3n) is 3.45. The molecule has 0 heterocycles. The van der Waals surface area contributed by atoms with Gasteiger partial charge >= 0.3 is 0 Å². The Morgan fingerprint density at radius 2 is 2.05 bits per heavy atom. The van der Waals surface area contributed by atoms with Crippen molar-refractivity contribution in [3.05, 3.63) is 11.8 Å². The van der Waals surface area contributed by atoms with E-state index in [0.29, 0.717) is 25.9 Å². The number of unbranched alkanes of at least 4 members (excludes halogenated alkanes) is 1. The van der Waals surface area contributed by atoms with Gasteiger partial charge in [-0.25, -0.2) is 14.3 Å². The second-order valence-corrected chi connectivity index (χ2v) is 5.28. The third kappa shape index (κ3) is 6.53. The first-order chi connectivity index (χ1) is 10.6. The Kier molecular flexibility index (Phi) is 9.49. The molecule has 0 aromatic carbocycles. The Morgan fingerprint density at radius 1 is 1.32 bits per heavy atom. The molecule has 1 aliphatic rings. The molecule has 0 amide bonds. The van der Waals surface area contributed by atoms with Gasteiger partial charge in [0.25, 0.3) is 0 Å². The van der Waals surface area contributed by atoms with Crippen LogP contribution in [-0.4, -0.2) is 66.8 Å². The van der Waals surface area contributed by atoms with E-state index in [0.717, 1.165) is 0 Å². The third-order valence-corrected chi connectivity index (χ3v) is 3.45. The highest BCUT2D eigenvalue weighted by Gasteiger charge is 2.36. The number of alkyl halides is 2. The van der Waals surface area contributed by atoms with Crippen molar-refractivity contribution in [3.63, 3.8) is 0 Å². The fourth-order valence-corrected chi connectivity index (χ4v) is 2.13. The molecule has 1 rings (SSSR count). The Morgan fingerprint density at radius 3 is 2.73 bits per heavy atom. The molecule has 0 aromatic heterocycles. The molecular weight excluding hydrogens is 300 g/mol. The summed E-state index contributed by atoms with van der Waals surface area (Å²) in [5.41, 5.74) is 1.86. The zero-order valence-electron chi connectivity index (χ0n) is 12.5. The van der Waals surface area contributed by atoms with E-state index >= 15 is 0 Å². The summed E-state index contributed by atoms with van der Waals surface area (Å²) < 4.78 is 37.9. The molecule has 0 bridgehead atoms. The van der Waals surface area contributed by atoms with Crippen LogP contribution in [0.4, 0.5) is 8.78 Å². The molecule has 0 radical (unpaired) electrons. The zero-order valence-corrected chi connectivity index (χ0v) is 12.5. The van der Waals surface area contributed by atoms with E-state index in [1.54, 1.807) is 0 Å². The van der Waals surface area contributed by atoms with Gasteiger partial charge in [0, 0.05) is 19.1 Å². The van der Waals surface area contributed by atoms with Crippen LogP contribution in [0.25, 0.3) is 0 Å². The highest BCUT2D eigenvalue weighted by Crippen LogP contribution is 2.29. The average molecular weight is 325 g/mol. The smallest absolute Gasteiger partial charge is 0.188 e. The number of halogens is 2. The number of allylic oxidation sites excluding steroid dienone is 2. The predicted molar refractivity (Wildman–Crippen MR) is 74.9 cm³/mol. The Bertz CT molecular complexity index is 332. The summed E-state index contributed by atoms with van der Waals surface area (Å²) in [4.78, 5) is 0. The number of aliphatic hydroxyl groups excluding tert-OH is 2. The molecule has 4 atom stereocenters. The number of rotatable bonds is 11. The van der Waals surface area contributed by atoms with Crippen molar-refractivity contribution < 1.29 is 33.7 Å². The number of hydrogen-bond acceptors (Lipinski definition) is 6. The summed E-state index contributed by atoms with van der Waals surface area (Å²) >= 11 is 0. The number of nitrogens with one attached hydrogen (secondary N) is 1. The summed E-state index contributed by atoms with van der Waals surface area (Å²) in [7, 11) is 0. The first-order valence-electron chi connectivity index (χ1n) is 7.44. The topological polar surface area (TPSA) is 91.2 Å². The van der Waals surface area contributed by atoms with E-state index in [9.17, 15) is 8.78 Å². The van der Waals surface area contributed by atoms with Gasteiger partial charge in [-0.15, -0.1) is 0 Å². The molecule has 0 fully saturated rings. The van der Waals surface area contributed by atoms with Crippen molar-refractivity contribution in [1.29, 1.82) is 0 Å². The summed E-state index contributed by atoms with van der Waals surface area (Å²) in [6.45, 7) is 0.385. The molecule has 0 spiro atoms. The van der Waals surface area contributed by atoms with E-state index in [1.165, 1.54) is 6.08 Å². The van der Waals surface area contributed by atoms with Crippen LogP contribution in [0.5, 0.6) is 0 Å². The summed E-state index contributed by atoms with van der Waals surface area (Å²) in [6, 6.07) is 0. The minimum Gasteiger partial charge on any atom is -0.495 e. The van der Waals surface area contributed by atoms with E-state index in [4.69, 9.17) is 24.9 Å². The van der Waals surface area contributed by atoms with Crippen LogP contribution >= 0.6 is 0 Å². The Hall–Kier alpha value is -0.800. The molecule has 4 N–H and O–H groups in total. The Balaban J connectivity index is 2.14. The lowest BCUT2D eigenvalue weighted by Crippen LogP contribution is -2.37. The first-order valence-corrected chi connectivity index (χ1v) is 7.44. The second-order valence-electron chi connectivity index (χ2n) is 5.28. The fourth-order valence-electron chi connectivity index (χ4n) is 2.13. The molecule has 0 aliphatic heterocycles. The summed E-state index contributed by atoms with van der Waals surface area (Å²) in [5, 5.41) is 26.2. The normalized spacial score (nSPS) is 26.6. The highest BCUT2D eigenvalue weighted by molar-refractivity contribution is 5.10. The van der Waals surface area contributed by atoms with Crippen LogP contribution in [0.2, 0.25) is 0 Å². The molecule has 6 nitrogen and oxygen atoms in total. The standard InChI is InChI=1S/C14H25F2NO5/c15-13-10(7-17-20)3-4-12(14(13)16)22-6-2-1-5-21-9-11(19)8-18/h4,10-11,13-14,17-20H,1-3,5-9H2/t10-,11+,13+,14?/m0/s1. The Labute approximate surface area is 128 Å². The lowest BCUT2D eigenvalue weighted by molar-refractivity contribution is 0.00343. The van der Waals surface area contributed by atoms with Gasteiger partial charge in [0.1, 0.15) is 18.0 Å². The quantitative estimate of drug-likeness (QED) is 0.330. The van der Waals surface area contributed by atoms with Gasteiger partial charge in [-0.1, -0.05) is 0 Å². The summed E-state index contributed by atoms with van der Waals surface area (Å²) in [6.07, 6.45) is -1.27. The maximum atomic E-state index is 13.8. The SMILES string of the molecule is OC[C@@H](O)COCCCCOC1=CC[C@@H](CNO)[C@@H](F)C1F. The lowest BCUT2D eigenvalue weighted by Gasteiger charge is -2.28. The number of aliphatic hydroxyl groups is 2. The average Bonchev–Trinajstić information content (AvgIpc) is 2.52. The number of ether oxygens (including phenoxy) is 2. The fraction of sp³-hybridized carbons (Fsp3) is 0.857. The van der Waals surface area contributed by atoms with Crippen LogP contribution in [0.1, 0.15) is 19.3 Å². The minimum absolute atomic E-state index is 0.00238. The van der Waals surface area contributed by atoms with Crippen molar-refractivity contribution in [2.24, 2.45) is 5.92 Å². The maximum Gasteiger partial charge on any atom is 0.188 e. The van der Waals surface area contributed by atoms with E-state index in [-0.39, 0.29) is 32.1 Å². The molecule has 0 aromatic rings. The molecule has 130 valence electrons. The van der Waals surface area contributed by atoms with Crippen molar-refractivity contribution in [2.75, 3.05) is 33.0 Å². The van der Waals surface area contributed by atoms with Crippen molar-refractivity contribution in [2.45, 2.75) is 37.7 Å². The van der Waals surface area contributed by atoms with E-state index in [2.05, 4.69) is 0 Å². The molecule has 0 saturated carbocycles.